The van der Waals surface area contributed by atoms with Gasteiger partial charge in [-0.15, -0.1) is 0 Å². The van der Waals surface area contributed by atoms with Crippen molar-refractivity contribution in [3.8, 4) is 0 Å². The second-order valence-electron chi connectivity index (χ2n) is 2.89. The van der Waals surface area contributed by atoms with Crippen molar-refractivity contribution < 1.29 is 0 Å². The number of hydrogen-bond donors (Lipinski definition) is 2. The van der Waals surface area contributed by atoms with Crippen molar-refractivity contribution in [3.63, 3.8) is 0 Å². The summed E-state index contributed by atoms with van der Waals surface area (Å²) in [6.45, 7) is 1.89. The normalized spacial score (nSPS) is 10.5. The van der Waals surface area contributed by atoms with E-state index in [2.05, 4.69) is 4.98 Å². The van der Waals surface area contributed by atoms with Crippen LogP contribution in [-0.2, 0) is 0 Å². The van der Waals surface area contributed by atoms with Gasteiger partial charge in [0.1, 0.15) is 11.7 Å². The number of fused-ring (bicyclic) bond motifs is 1. The van der Waals surface area contributed by atoms with E-state index in [1.165, 1.54) is 0 Å². The molecule has 13 heavy (non-hydrogen) atoms. The zero-order valence-corrected chi connectivity index (χ0v) is 7.28. The fourth-order valence-corrected chi connectivity index (χ4v) is 1.42. The van der Waals surface area contributed by atoms with Crippen LogP contribution in [0.15, 0.2) is 24.4 Å². The molecule has 0 bridgehead atoms. The van der Waals surface area contributed by atoms with E-state index in [9.17, 15) is 0 Å². The van der Waals surface area contributed by atoms with E-state index in [1.807, 2.05) is 29.5 Å². The molecule has 4 nitrogen and oxygen atoms in total. The van der Waals surface area contributed by atoms with Gasteiger partial charge in [0, 0.05) is 0 Å². The highest BCUT2D eigenvalue weighted by molar-refractivity contribution is 5.94. The van der Waals surface area contributed by atoms with Gasteiger partial charge in [-0.25, -0.2) is 4.98 Å². The summed E-state index contributed by atoms with van der Waals surface area (Å²) in [6, 6.07) is 5.61. The predicted molar refractivity (Wildman–Crippen MR) is 50.9 cm³/mol. The number of aryl methyl sites for hydroxylation is 1. The number of aromatic nitrogens is 2. The van der Waals surface area contributed by atoms with Crippen molar-refractivity contribution in [1.29, 1.82) is 5.41 Å². The molecular formula is C9H10N4. The van der Waals surface area contributed by atoms with Crippen LogP contribution in [0.25, 0.3) is 5.52 Å². The molecule has 3 N–H and O–H groups in total. The van der Waals surface area contributed by atoms with E-state index in [0.717, 1.165) is 11.3 Å². The number of nitrogens with one attached hydrogen (secondary N) is 1. The lowest BCUT2D eigenvalue weighted by molar-refractivity contribution is 1.03. The Morgan fingerprint density at radius 1 is 1.54 bits per heavy atom. The summed E-state index contributed by atoms with van der Waals surface area (Å²) in [6.07, 6.45) is 1.77. The summed E-state index contributed by atoms with van der Waals surface area (Å²) in [5, 5.41) is 7.38. The number of hydrogen-bond acceptors (Lipinski definition) is 2. The summed E-state index contributed by atoms with van der Waals surface area (Å²) in [5.74, 6) is 0.910. The summed E-state index contributed by atoms with van der Waals surface area (Å²) in [4.78, 5) is 4.15. The van der Waals surface area contributed by atoms with Crippen molar-refractivity contribution in [2.24, 2.45) is 5.73 Å². The van der Waals surface area contributed by atoms with Crippen LogP contribution < -0.4 is 5.73 Å². The van der Waals surface area contributed by atoms with Crippen molar-refractivity contribution in [2.75, 3.05) is 0 Å². The minimum atomic E-state index is 0.0618. The third-order valence-corrected chi connectivity index (χ3v) is 2.00. The van der Waals surface area contributed by atoms with Gasteiger partial charge in [-0.05, 0) is 19.1 Å². The molecule has 66 valence electrons. The van der Waals surface area contributed by atoms with Crippen molar-refractivity contribution in [2.45, 2.75) is 6.92 Å². The van der Waals surface area contributed by atoms with E-state index in [4.69, 9.17) is 11.1 Å². The summed E-state index contributed by atoms with van der Waals surface area (Å²) in [5.41, 5.74) is 7.09. The maximum Gasteiger partial charge on any atom is 0.140 e. The number of amidine groups is 1. The molecule has 4 heteroatoms. The van der Waals surface area contributed by atoms with Gasteiger partial charge in [-0.2, -0.15) is 0 Å². The zero-order chi connectivity index (χ0) is 9.42. The molecule has 0 aromatic carbocycles. The SMILES string of the molecule is Cc1ncc2cccc(C(=N)N)n12. The van der Waals surface area contributed by atoms with Gasteiger partial charge in [0.05, 0.1) is 17.4 Å². The van der Waals surface area contributed by atoms with Crippen molar-refractivity contribution in [3.05, 3.63) is 35.9 Å². The van der Waals surface area contributed by atoms with Gasteiger partial charge in [-0.1, -0.05) is 6.07 Å². The average Bonchev–Trinajstić information content (AvgIpc) is 2.48. The van der Waals surface area contributed by atoms with Gasteiger partial charge in [0.25, 0.3) is 0 Å². The highest BCUT2D eigenvalue weighted by atomic mass is 15.0. The van der Waals surface area contributed by atoms with Crippen LogP contribution in [0.5, 0.6) is 0 Å². The number of rotatable bonds is 1. The largest absolute Gasteiger partial charge is 0.382 e. The molecule has 0 aliphatic rings. The van der Waals surface area contributed by atoms with E-state index in [1.54, 1.807) is 6.20 Å². The Kier molecular flexibility index (Phi) is 1.55. The molecule has 0 saturated carbocycles. The number of nitrogens with zero attached hydrogens (tertiary/aromatic N) is 2. The van der Waals surface area contributed by atoms with Gasteiger partial charge in [0.2, 0.25) is 0 Å². The fourth-order valence-electron chi connectivity index (χ4n) is 1.42. The van der Waals surface area contributed by atoms with Crippen molar-refractivity contribution >= 4 is 11.4 Å². The minimum Gasteiger partial charge on any atom is -0.382 e. The molecule has 0 aliphatic carbocycles. The van der Waals surface area contributed by atoms with Crippen LogP contribution in [0.1, 0.15) is 11.5 Å². The number of nitrogen functional groups attached to an aromatic ring is 1. The van der Waals surface area contributed by atoms with Crippen molar-refractivity contribution in [1.82, 2.24) is 9.38 Å². The molecule has 0 atom stereocenters. The standard InChI is InChI=1S/C9H10N4/c1-6-12-5-7-3-2-4-8(9(10)11)13(6)7/h2-5H,1H3,(H3,10,11). The van der Waals surface area contributed by atoms with Gasteiger partial charge >= 0.3 is 0 Å². The molecular weight excluding hydrogens is 164 g/mol. The minimum absolute atomic E-state index is 0.0618. The summed E-state index contributed by atoms with van der Waals surface area (Å²) in [7, 11) is 0. The first-order chi connectivity index (χ1) is 6.20. The topological polar surface area (TPSA) is 67.2 Å². The Balaban J connectivity index is 2.88. The van der Waals surface area contributed by atoms with Crippen LogP contribution in [-0.4, -0.2) is 15.2 Å². The number of imidazole rings is 1. The highest BCUT2D eigenvalue weighted by Crippen LogP contribution is 2.09. The third kappa shape index (κ3) is 1.07. The quantitative estimate of drug-likeness (QED) is 0.498. The van der Waals surface area contributed by atoms with Gasteiger partial charge < -0.3 is 5.73 Å². The summed E-state index contributed by atoms with van der Waals surface area (Å²) >= 11 is 0. The number of pyridine rings is 1. The van der Waals surface area contributed by atoms with Gasteiger partial charge in [-0.3, -0.25) is 9.81 Å². The molecule has 0 unspecified atom stereocenters. The molecule has 0 fully saturated rings. The predicted octanol–water partition coefficient (Wildman–Crippen LogP) is 0.927. The van der Waals surface area contributed by atoms with Crippen LogP contribution in [0.4, 0.5) is 0 Å². The molecule has 0 radical (unpaired) electrons. The van der Waals surface area contributed by atoms with E-state index < -0.39 is 0 Å². The second-order valence-corrected chi connectivity index (χ2v) is 2.89. The first-order valence-electron chi connectivity index (χ1n) is 3.97. The first kappa shape index (κ1) is 7.79. The van der Waals surface area contributed by atoms with Crippen LogP contribution in [0.3, 0.4) is 0 Å². The second kappa shape index (κ2) is 2.58. The Morgan fingerprint density at radius 3 is 3.00 bits per heavy atom. The molecule has 0 aliphatic heterocycles. The van der Waals surface area contributed by atoms with E-state index >= 15 is 0 Å². The van der Waals surface area contributed by atoms with E-state index in [0.29, 0.717) is 5.69 Å². The lowest BCUT2D eigenvalue weighted by Gasteiger charge is -2.03. The van der Waals surface area contributed by atoms with Crippen LogP contribution >= 0.6 is 0 Å². The first-order valence-corrected chi connectivity index (χ1v) is 3.97. The molecule has 0 amide bonds. The Hall–Kier alpha value is -1.84. The third-order valence-electron chi connectivity index (χ3n) is 2.00. The summed E-state index contributed by atoms with van der Waals surface area (Å²) < 4.78 is 1.86. The average molecular weight is 174 g/mol. The zero-order valence-electron chi connectivity index (χ0n) is 7.28. The molecule has 2 heterocycles. The van der Waals surface area contributed by atoms with Gasteiger partial charge in [0.15, 0.2) is 0 Å². The molecule has 0 saturated heterocycles. The highest BCUT2D eigenvalue weighted by Gasteiger charge is 2.05. The monoisotopic (exact) mass is 174 g/mol. The smallest absolute Gasteiger partial charge is 0.140 e. The molecule has 2 aromatic rings. The maximum absolute atomic E-state index is 7.38. The van der Waals surface area contributed by atoms with Crippen LogP contribution in [0, 0.1) is 12.3 Å². The maximum atomic E-state index is 7.38. The molecule has 2 rings (SSSR count). The molecule has 2 aromatic heterocycles. The lowest BCUT2D eigenvalue weighted by Crippen LogP contribution is -2.15. The lowest BCUT2D eigenvalue weighted by atomic mass is 10.3. The fraction of sp³-hybridized carbons (Fsp3) is 0.111. The Morgan fingerprint density at radius 2 is 2.31 bits per heavy atom. The Bertz CT molecular complexity index is 469. The number of nitrogens with two attached hydrogens (primary N) is 1. The van der Waals surface area contributed by atoms with Crippen LogP contribution in [0.2, 0.25) is 0 Å². The van der Waals surface area contributed by atoms with E-state index in [-0.39, 0.29) is 5.84 Å². The Labute approximate surface area is 75.5 Å². The molecule has 0 spiro atoms.